The number of aromatic nitrogens is 1. The van der Waals surface area contributed by atoms with Gasteiger partial charge in [-0.05, 0) is 101 Å². The minimum atomic E-state index is 0.0605. The minimum Gasteiger partial charge on any atom is -0.458 e. The molecule has 0 atom stereocenters. The molecular formula is C44H39B2NO. The second kappa shape index (κ2) is 10.3. The van der Waals surface area contributed by atoms with E-state index < -0.39 is 0 Å². The van der Waals surface area contributed by atoms with E-state index in [2.05, 4.69) is 151 Å². The summed E-state index contributed by atoms with van der Waals surface area (Å²) in [4.78, 5) is 0. The number of hydrogen-bond acceptors (Lipinski definition) is 1. The van der Waals surface area contributed by atoms with Crippen LogP contribution in [0.1, 0.15) is 44.5 Å². The van der Waals surface area contributed by atoms with Crippen molar-refractivity contribution in [3.8, 4) is 17.2 Å². The molecule has 0 amide bonds. The predicted molar refractivity (Wildman–Crippen MR) is 207 cm³/mol. The average Bonchev–Trinajstić information content (AvgIpc) is 3.38. The summed E-state index contributed by atoms with van der Waals surface area (Å²) in [6, 6.07) is 34.0. The molecule has 232 valence electrons. The van der Waals surface area contributed by atoms with Gasteiger partial charge in [0.1, 0.15) is 11.5 Å². The summed E-state index contributed by atoms with van der Waals surface area (Å²) in [6.45, 7) is 18.4. The van der Waals surface area contributed by atoms with Gasteiger partial charge in [-0.15, -0.1) is 0 Å². The van der Waals surface area contributed by atoms with Crippen molar-refractivity contribution in [1.29, 1.82) is 0 Å². The number of fused-ring (bicyclic) bond motifs is 7. The number of ether oxygens (including phenoxy) is 1. The Hall–Kier alpha value is -4.95. The van der Waals surface area contributed by atoms with Gasteiger partial charge in [-0.1, -0.05) is 123 Å². The zero-order chi connectivity index (χ0) is 33.2. The molecule has 6 aromatic carbocycles. The molecule has 1 aromatic heterocycles. The highest BCUT2D eigenvalue weighted by Gasteiger charge is 2.43. The second-order valence-corrected chi connectivity index (χ2v) is 14.5. The molecule has 48 heavy (non-hydrogen) atoms. The highest BCUT2D eigenvalue weighted by atomic mass is 16.5. The fourth-order valence-electron chi connectivity index (χ4n) is 9.76. The fraction of sp³-hybridized carbons (Fsp3) is 0.182. The van der Waals surface area contributed by atoms with Gasteiger partial charge in [0.05, 0.1) is 5.52 Å². The van der Waals surface area contributed by atoms with Crippen molar-refractivity contribution >= 4 is 68.0 Å². The minimum absolute atomic E-state index is 0.0605. The summed E-state index contributed by atoms with van der Waals surface area (Å²) in [6.07, 6.45) is 0. The van der Waals surface area contributed by atoms with Crippen LogP contribution in [0.3, 0.4) is 0 Å². The number of para-hydroxylation sites is 3. The van der Waals surface area contributed by atoms with E-state index >= 15 is 0 Å². The molecule has 4 heteroatoms. The van der Waals surface area contributed by atoms with Crippen LogP contribution >= 0.6 is 0 Å². The molecule has 0 radical (unpaired) electrons. The maximum atomic E-state index is 7.09. The first-order valence-electron chi connectivity index (χ1n) is 17.3. The average molecular weight is 619 g/mol. The summed E-state index contributed by atoms with van der Waals surface area (Å²) >= 11 is 0. The third kappa shape index (κ3) is 3.83. The van der Waals surface area contributed by atoms with Crippen molar-refractivity contribution in [3.05, 3.63) is 136 Å². The van der Waals surface area contributed by atoms with Gasteiger partial charge in [0, 0.05) is 22.0 Å². The van der Waals surface area contributed by atoms with Gasteiger partial charge in [-0.3, -0.25) is 0 Å². The van der Waals surface area contributed by atoms with Crippen LogP contribution in [-0.4, -0.2) is 18.0 Å². The Bertz CT molecular complexity index is 2490. The summed E-state index contributed by atoms with van der Waals surface area (Å²) in [5, 5.41) is 2.62. The fourth-order valence-corrected chi connectivity index (χ4v) is 9.76. The van der Waals surface area contributed by atoms with E-state index in [0.29, 0.717) is 0 Å². The lowest BCUT2D eigenvalue weighted by atomic mass is 9.31. The van der Waals surface area contributed by atoms with Crippen molar-refractivity contribution < 1.29 is 4.74 Å². The number of aryl methyl sites for hydroxylation is 6. The molecular weight excluding hydrogens is 580 g/mol. The van der Waals surface area contributed by atoms with Crippen LogP contribution in [0.4, 0.5) is 0 Å². The second-order valence-electron chi connectivity index (χ2n) is 14.5. The highest BCUT2D eigenvalue weighted by molar-refractivity contribution is 7.00. The molecule has 0 spiro atoms. The molecule has 3 heterocycles. The molecule has 0 unspecified atom stereocenters. The molecule has 0 bridgehead atoms. The Balaban J connectivity index is 1.49. The van der Waals surface area contributed by atoms with Crippen LogP contribution in [0.2, 0.25) is 0 Å². The van der Waals surface area contributed by atoms with Crippen LogP contribution < -0.4 is 37.5 Å². The number of hydrogen-bond donors (Lipinski definition) is 0. The molecule has 0 N–H and O–H groups in total. The van der Waals surface area contributed by atoms with E-state index in [1.807, 2.05) is 0 Å². The Morgan fingerprint density at radius 2 is 1.04 bits per heavy atom. The highest BCUT2D eigenvalue weighted by Crippen LogP contribution is 2.38. The van der Waals surface area contributed by atoms with Gasteiger partial charge < -0.3 is 9.30 Å². The smallest absolute Gasteiger partial charge is 0.252 e. The zero-order valence-corrected chi connectivity index (χ0v) is 29.2. The molecule has 2 nitrogen and oxygen atoms in total. The van der Waals surface area contributed by atoms with Gasteiger partial charge >= 0.3 is 0 Å². The first kappa shape index (κ1) is 29.2. The predicted octanol–water partition coefficient (Wildman–Crippen LogP) is 6.70. The summed E-state index contributed by atoms with van der Waals surface area (Å²) in [7, 11) is 0. The van der Waals surface area contributed by atoms with E-state index in [4.69, 9.17) is 4.74 Å². The van der Waals surface area contributed by atoms with E-state index in [-0.39, 0.29) is 13.4 Å². The quantitative estimate of drug-likeness (QED) is 0.197. The van der Waals surface area contributed by atoms with Crippen LogP contribution in [0.5, 0.6) is 11.5 Å². The summed E-state index contributed by atoms with van der Waals surface area (Å²) in [5.74, 6) is 1.98. The number of rotatable bonds is 2. The van der Waals surface area contributed by atoms with Gasteiger partial charge in [0.2, 0.25) is 6.71 Å². The molecule has 7 aromatic rings. The summed E-state index contributed by atoms with van der Waals surface area (Å²) in [5.41, 5.74) is 22.5. The molecule has 0 aliphatic carbocycles. The maximum Gasteiger partial charge on any atom is 0.252 e. The normalized spacial score (nSPS) is 13.1. The monoisotopic (exact) mass is 619 g/mol. The lowest BCUT2D eigenvalue weighted by Crippen LogP contribution is -2.62. The summed E-state index contributed by atoms with van der Waals surface area (Å²) < 4.78 is 9.69. The Labute approximate surface area is 284 Å². The third-order valence-corrected chi connectivity index (χ3v) is 11.3. The standard InChI is InChI=1S/C44H39B2NO/c1-24-20-26(3)38(27(4)21-24)45-34-16-10-12-19-37(34)48-44-31(8)40-42(30(7)41(44)45)47-36-18-11-9-14-32(36)33-15-13-17-35(43(33)47)46(40)39-28(5)22-25(2)23-29(39)6/h9-23H,1-8H3. The Kier molecular flexibility index (Phi) is 6.25. The van der Waals surface area contributed by atoms with Gasteiger partial charge in [0.15, 0.2) is 0 Å². The van der Waals surface area contributed by atoms with E-state index in [1.165, 1.54) is 105 Å². The third-order valence-electron chi connectivity index (χ3n) is 11.3. The zero-order valence-electron chi connectivity index (χ0n) is 29.2. The largest absolute Gasteiger partial charge is 0.458 e. The first-order valence-corrected chi connectivity index (χ1v) is 17.3. The van der Waals surface area contributed by atoms with Gasteiger partial charge in [-0.25, -0.2) is 0 Å². The molecule has 2 aliphatic heterocycles. The van der Waals surface area contributed by atoms with Crippen molar-refractivity contribution in [2.24, 2.45) is 0 Å². The van der Waals surface area contributed by atoms with Crippen molar-refractivity contribution in [3.63, 3.8) is 0 Å². The molecule has 2 aliphatic rings. The number of benzene rings is 6. The van der Waals surface area contributed by atoms with Crippen LogP contribution in [0.15, 0.2) is 91.0 Å². The lowest BCUT2D eigenvalue weighted by Gasteiger charge is -2.37. The first-order chi connectivity index (χ1) is 23.2. The molecule has 9 rings (SSSR count). The molecule has 0 saturated carbocycles. The van der Waals surface area contributed by atoms with Crippen LogP contribution in [0.25, 0.3) is 27.5 Å². The van der Waals surface area contributed by atoms with Crippen LogP contribution in [0, 0.1) is 55.4 Å². The van der Waals surface area contributed by atoms with Crippen LogP contribution in [-0.2, 0) is 0 Å². The molecule has 0 saturated heterocycles. The van der Waals surface area contributed by atoms with E-state index in [1.54, 1.807) is 0 Å². The van der Waals surface area contributed by atoms with Crippen molar-refractivity contribution in [1.82, 2.24) is 4.57 Å². The maximum absolute atomic E-state index is 7.09. The van der Waals surface area contributed by atoms with Crippen molar-refractivity contribution in [2.45, 2.75) is 55.4 Å². The van der Waals surface area contributed by atoms with Gasteiger partial charge in [0.25, 0.3) is 6.71 Å². The van der Waals surface area contributed by atoms with E-state index in [9.17, 15) is 0 Å². The van der Waals surface area contributed by atoms with E-state index in [0.717, 1.165) is 11.5 Å². The Morgan fingerprint density at radius 3 is 1.71 bits per heavy atom. The SMILES string of the molecule is Cc1cc(C)c(B2c3ccccc3Oc3c(C)c4c(c(C)c32)-n2c3ccccc3c3cccc(c32)B4c2c(C)cc(C)cc2C)c(C)c1. The van der Waals surface area contributed by atoms with Gasteiger partial charge in [-0.2, -0.15) is 0 Å². The molecule has 0 fully saturated rings. The van der Waals surface area contributed by atoms with Crippen molar-refractivity contribution in [2.75, 3.05) is 0 Å². The lowest BCUT2D eigenvalue weighted by molar-refractivity contribution is 0.484. The number of nitrogens with zero attached hydrogens (tertiary/aromatic N) is 1. The topological polar surface area (TPSA) is 14.2 Å². The Morgan fingerprint density at radius 1 is 0.500 bits per heavy atom.